The highest BCUT2D eigenvalue weighted by molar-refractivity contribution is 7.79. The van der Waals surface area contributed by atoms with Crippen LogP contribution in [0, 0.1) is 0 Å². The first-order valence-electron chi connectivity index (χ1n) is 22.4. The summed E-state index contributed by atoms with van der Waals surface area (Å²) in [6, 6.07) is 0. The predicted octanol–water partition coefficient (Wildman–Crippen LogP) is 13.4. The van der Waals surface area contributed by atoms with Crippen LogP contribution in [0.4, 0.5) is 0 Å². The van der Waals surface area contributed by atoms with Crippen LogP contribution >= 0.6 is 0 Å². The standard InChI is InChI=1S/2C22H48N.H2O4S/c2*1-5-6-7-8-9-10-11-12-13-14-15-16-17-18-19-20-21-22-23(2,3)4;1-5(2,3)4/h2*5-22H2,1-4H3;(H2,1,2,3,4)/q2*+1;/p-2. The Balaban J connectivity index is -0.000000796. The van der Waals surface area contributed by atoms with E-state index >= 15 is 0 Å². The second-order valence-corrected chi connectivity index (χ2v) is 18.6. The van der Waals surface area contributed by atoms with E-state index in [-0.39, 0.29) is 0 Å². The van der Waals surface area contributed by atoms with Gasteiger partial charge in [0.15, 0.2) is 0 Å². The van der Waals surface area contributed by atoms with Crippen molar-refractivity contribution in [3.05, 3.63) is 0 Å². The van der Waals surface area contributed by atoms with E-state index in [4.69, 9.17) is 17.5 Å². The van der Waals surface area contributed by atoms with E-state index in [0.717, 1.165) is 8.97 Å². The van der Waals surface area contributed by atoms with Crippen molar-refractivity contribution in [1.29, 1.82) is 0 Å². The van der Waals surface area contributed by atoms with Gasteiger partial charge in [-0.05, 0) is 25.7 Å². The zero-order valence-corrected chi connectivity index (χ0v) is 37.2. The summed E-state index contributed by atoms with van der Waals surface area (Å²) in [6.07, 6.45) is 49.7. The van der Waals surface area contributed by atoms with Gasteiger partial charge in [0.05, 0.1) is 55.4 Å². The molecule has 0 aromatic carbocycles. The van der Waals surface area contributed by atoms with Crippen molar-refractivity contribution in [2.75, 3.05) is 55.4 Å². The van der Waals surface area contributed by atoms with Gasteiger partial charge < -0.3 is 18.1 Å². The first-order valence-corrected chi connectivity index (χ1v) is 23.7. The first-order chi connectivity index (χ1) is 24.1. The molecule has 0 spiro atoms. The van der Waals surface area contributed by atoms with E-state index in [1.807, 2.05) is 0 Å². The SMILES string of the molecule is CCCCCCCCCCCCCCCCCCC[N+](C)(C)C.CCCCCCCCCCCCCCCCCCC[N+](C)(C)C.O=S(=O)([O-])[O-]. The van der Waals surface area contributed by atoms with Gasteiger partial charge in [0, 0.05) is 10.4 Å². The minimum absolute atomic E-state index is 1.12. The number of unbranched alkanes of at least 4 members (excludes halogenated alkanes) is 32. The van der Waals surface area contributed by atoms with Crippen molar-refractivity contribution in [3.8, 4) is 0 Å². The Morgan fingerprint density at radius 1 is 0.294 bits per heavy atom. The van der Waals surface area contributed by atoms with Gasteiger partial charge in [-0.15, -0.1) is 0 Å². The summed E-state index contributed by atoms with van der Waals surface area (Å²) in [5, 5.41) is 0. The smallest absolute Gasteiger partial charge is 0.0780 e. The molecule has 312 valence electrons. The molecule has 0 N–H and O–H groups in total. The number of rotatable bonds is 36. The van der Waals surface area contributed by atoms with Crippen LogP contribution in [0.3, 0.4) is 0 Å². The Bertz CT molecular complexity index is 691. The average molecular weight is 749 g/mol. The summed E-state index contributed by atoms with van der Waals surface area (Å²) < 4.78 is 36.3. The molecule has 0 saturated carbocycles. The van der Waals surface area contributed by atoms with E-state index in [2.05, 4.69) is 56.1 Å². The fraction of sp³-hybridized carbons (Fsp3) is 1.00. The van der Waals surface area contributed by atoms with Gasteiger partial charge in [-0.25, -0.2) is 0 Å². The minimum Gasteiger partial charge on any atom is -0.759 e. The molecule has 0 aromatic heterocycles. The molecule has 51 heavy (non-hydrogen) atoms. The molecule has 0 atom stereocenters. The van der Waals surface area contributed by atoms with Gasteiger partial charge in [-0.2, -0.15) is 0 Å². The molecule has 0 unspecified atom stereocenters. The fourth-order valence-electron chi connectivity index (χ4n) is 6.62. The zero-order chi connectivity index (χ0) is 39.0. The second kappa shape index (κ2) is 41.0. The van der Waals surface area contributed by atoms with Crippen LogP contribution in [0.1, 0.15) is 232 Å². The maximum Gasteiger partial charge on any atom is 0.0780 e. The van der Waals surface area contributed by atoms with Gasteiger partial charge in [0.1, 0.15) is 0 Å². The summed E-state index contributed by atoms with van der Waals surface area (Å²) in [5.41, 5.74) is 0. The summed E-state index contributed by atoms with van der Waals surface area (Å²) in [7, 11) is 8.62. The molecule has 0 aromatic rings. The maximum atomic E-state index is 8.52. The minimum atomic E-state index is -5.17. The van der Waals surface area contributed by atoms with Crippen LogP contribution in [-0.4, -0.2) is 81.9 Å². The van der Waals surface area contributed by atoms with Crippen LogP contribution < -0.4 is 0 Å². The monoisotopic (exact) mass is 749 g/mol. The highest BCUT2D eigenvalue weighted by atomic mass is 32.3. The normalized spacial score (nSPS) is 12.0. The van der Waals surface area contributed by atoms with Crippen LogP contribution in [0.5, 0.6) is 0 Å². The van der Waals surface area contributed by atoms with Crippen LogP contribution in [0.2, 0.25) is 0 Å². The topological polar surface area (TPSA) is 80.3 Å². The molecule has 0 heterocycles. The zero-order valence-electron chi connectivity index (χ0n) is 36.4. The van der Waals surface area contributed by atoms with Crippen LogP contribution in [-0.2, 0) is 10.4 Å². The summed E-state index contributed by atoms with van der Waals surface area (Å²) >= 11 is 0. The summed E-state index contributed by atoms with van der Waals surface area (Å²) in [5.74, 6) is 0. The lowest BCUT2D eigenvalue weighted by Gasteiger charge is -2.23. The van der Waals surface area contributed by atoms with E-state index in [1.54, 1.807) is 0 Å². The molecule has 0 amide bonds. The molecular formula is C44H96N2O4S. The molecule has 0 fully saturated rings. The molecular weight excluding hydrogens is 653 g/mol. The fourth-order valence-corrected chi connectivity index (χ4v) is 6.62. The molecule has 0 radical (unpaired) electrons. The third-order valence-electron chi connectivity index (χ3n) is 9.86. The second-order valence-electron chi connectivity index (χ2n) is 17.7. The molecule has 7 heteroatoms. The number of quaternary nitrogens is 2. The van der Waals surface area contributed by atoms with E-state index in [9.17, 15) is 0 Å². The summed E-state index contributed by atoms with van der Waals surface area (Å²) in [6.45, 7) is 7.26. The molecule has 0 aliphatic rings. The van der Waals surface area contributed by atoms with Gasteiger partial charge in [0.25, 0.3) is 0 Å². The highest BCUT2D eigenvalue weighted by Crippen LogP contribution is 2.16. The third kappa shape index (κ3) is 71.8. The van der Waals surface area contributed by atoms with Crippen molar-refractivity contribution < 1.29 is 26.5 Å². The predicted molar refractivity (Wildman–Crippen MR) is 225 cm³/mol. The lowest BCUT2D eigenvalue weighted by molar-refractivity contribution is -0.870. The quantitative estimate of drug-likeness (QED) is 0.0276. The van der Waals surface area contributed by atoms with Gasteiger partial charge >= 0.3 is 0 Å². The number of hydrogen-bond acceptors (Lipinski definition) is 4. The third-order valence-corrected chi connectivity index (χ3v) is 9.86. The Morgan fingerprint density at radius 3 is 0.529 bits per heavy atom. The van der Waals surface area contributed by atoms with Crippen molar-refractivity contribution in [3.63, 3.8) is 0 Å². The van der Waals surface area contributed by atoms with Crippen LogP contribution in [0.15, 0.2) is 0 Å². The largest absolute Gasteiger partial charge is 0.759 e. The van der Waals surface area contributed by atoms with E-state index in [0.29, 0.717) is 0 Å². The summed E-state index contributed by atoms with van der Waals surface area (Å²) in [4.78, 5) is 0. The van der Waals surface area contributed by atoms with E-state index in [1.165, 1.54) is 231 Å². The molecule has 0 bridgehead atoms. The Morgan fingerprint density at radius 2 is 0.412 bits per heavy atom. The lowest BCUT2D eigenvalue weighted by Crippen LogP contribution is -2.35. The number of hydrogen-bond donors (Lipinski definition) is 0. The first kappa shape index (κ1) is 55.1. The van der Waals surface area contributed by atoms with Gasteiger partial charge in [-0.1, -0.05) is 206 Å². The Kier molecular flexibility index (Phi) is 44.3. The highest BCUT2D eigenvalue weighted by Gasteiger charge is 2.06. The molecule has 0 aliphatic carbocycles. The van der Waals surface area contributed by atoms with Crippen molar-refractivity contribution in [2.24, 2.45) is 0 Å². The lowest BCUT2D eigenvalue weighted by atomic mass is 10.0. The average Bonchev–Trinajstić information content (AvgIpc) is 3.02. The van der Waals surface area contributed by atoms with Crippen molar-refractivity contribution in [1.82, 2.24) is 0 Å². The van der Waals surface area contributed by atoms with Crippen LogP contribution in [0.25, 0.3) is 0 Å². The van der Waals surface area contributed by atoms with Gasteiger partial charge in [-0.3, -0.25) is 8.42 Å². The molecule has 0 rings (SSSR count). The molecule has 6 nitrogen and oxygen atoms in total. The maximum absolute atomic E-state index is 8.52. The molecule has 0 saturated heterocycles. The van der Waals surface area contributed by atoms with Crippen molar-refractivity contribution >= 4 is 10.4 Å². The Hall–Kier alpha value is -0.210. The number of nitrogens with zero attached hydrogens (tertiary/aromatic N) is 2. The Labute approximate surface area is 323 Å². The van der Waals surface area contributed by atoms with E-state index < -0.39 is 10.4 Å². The molecule has 0 aliphatic heterocycles. The van der Waals surface area contributed by atoms with Crippen molar-refractivity contribution in [2.45, 2.75) is 232 Å². The van der Waals surface area contributed by atoms with Gasteiger partial charge in [0.2, 0.25) is 0 Å².